The van der Waals surface area contributed by atoms with E-state index in [1.54, 1.807) is 0 Å². The molecule has 2 aliphatic rings. The van der Waals surface area contributed by atoms with Gasteiger partial charge in [-0.05, 0) is 51.4 Å². The quantitative estimate of drug-likeness (QED) is 0.388. The Morgan fingerprint density at radius 2 is 0.375 bits per heavy atom. The van der Waals surface area contributed by atoms with E-state index in [-0.39, 0.29) is 0 Å². The highest BCUT2D eigenvalue weighted by atomic mass is 14.2. The Balaban J connectivity index is 1.96. The lowest BCUT2D eigenvalue weighted by Gasteiger charge is -2.16. The van der Waals surface area contributed by atoms with Gasteiger partial charge in [-0.15, -0.1) is 0 Å². The number of rotatable bonds is 0. The molecule has 140 valence electrons. The molecule has 0 radical (unpaired) electrons. The van der Waals surface area contributed by atoms with Gasteiger partial charge in [-0.2, -0.15) is 0 Å². The Morgan fingerprint density at radius 1 is 0.208 bits per heavy atom. The molecule has 0 heteroatoms. The van der Waals surface area contributed by atoms with E-state index in [0.717, 1.165) is 0 Å². The predicted molar refractivity (Wildman–Crippen MR) is 109 cm³/mol. The van der Waals surface area contributed by atoms with Gasteiger partial charge >= 0.3 is 0 Å². The number of hydrogen-bond acceptors (Lipinski definition) is 0. The van der Waals surface area contributed by atoms with E-state index in [4.69, 9.17) is 0 Å². The van der Waals surface area contributed by atoms with Crippen LogP contribution < -0.4 is 0 Å². The first-order chi connectivity index (χ1) is 12.0. The van der Waals surface area contributed by atoms with E-state index in [0.29, 0.717) is 0 Å². The van der Waals surface area contributed by atoms with Gasteiger partial charge in [0.1, 0.15) is 0 Å². The molecule has 2 aliphatic carbocycles. The van der Waals surface area contributed by atoms with Crippen LogP contribution in [-0.2, 0) is 0 Å². The van der Waals surface area contributed by atoms with Gasteiger partial charge in [-0.1, -0.05) is 101 Å². The van der Waals surface area contributed by atoms with Crippen LogP contribution in [0.5, 0.6) is 0 Å². The van der Waals surface area contributed by atoms with E-state index < -0.39 is 0 Å². The van der Waals surface area contributed by atoms with Gasteiger partial charge in [0.15, 0.2) is 0 Å². The SMILES string of the molecule is C1CCCCCC2=C(CCCCC1)CCCCCCCCCCC2. The second kappa shape index (κ2) is 14.0. The highest BCUT2D eigenvalue weighted by molar-refractivity contribution is 5.15. The lowest BCUT2D eigenvalue weighted by atomic mass is 9.90. The minimum absolute atomic E-state index is 1.44. The molecule has 24 heavy (non-hydrogen) atoms. The normalized spacial score (nSPS) is 25.0. The summed E-state index contributed by atoms with van der Waals surface area (Å²) in [6.45, 7) is 0. The van der Waals surface area contributed by atoms with Crippen molar-refractivity contribution in [1.82, 2.24) is 0 Å². The Labute approximate surface area is 152 Å². The van der Waals surface area contributed by atoms with Crippen molar-refractivity contribution in [3.05, 3.63) is 11.1 Å². The van der Waals surface area contributed by atoms with Gasteiger partial charge in [0.25, 0.3) is 0 Å². The lowest BCUT2D eigenvalue weighted by molar-refractivity contribution is 0.552. The van der Waals surface area contributed by atoms with Crippen molar-refractivity contribution >= 4 is 0 Å². The maximum Gasteiger partial charge on any atom is -0.0318 e. The molecular formula is C24H44. The summed E-state index contributed by atoms with van der Waals surface area (Å²) in [4.78, 5) is 0. The Morgan fingerprint density at radius 3 is 0.583 bits per heavy atom. The summed E-state index contributed by atoms with van der Waals surface area (Å²) in [5, 5.41) is 0. The van der Waals surface area contributed by atoms with Gasteiger partial charge < -0.3 is 0 Å². The van der Waals surface area contributed by atoms with E-state index in [1.165, 1.54) is 141 Å². The Bertz CT molecular complexity index is 265. The minimum Gasteiger partial charge on any atom is -0.0710 e. The summed E-state index contributed by atoms with van der Waals surface area (Å²) >= 11 is 0. The fourth-order valence-electron chi connectivity index (χ4n) is 4.79. The van der Waals surface area contributed by atoms with Crippen molar-refractivity contribution in [3.63, 3.8) is 0 Å². The second-order valence-corrected chi connectivity index (χ2v) is 8.57. The van der Waals surface area contributed by atoms with Crippen LogP contribution in [0.15, 0.2) is 11.1 Å². The first kappa shape index (κ1) is 20.1. The van der Waals surface area contributed by atoms with Gasteiger partial charge in [0.05, 0.1) is 0 Å². The molecule has 0 aromatic heterocycles. The van der Waals surface area contributed by atoms with Gasteiger partial charge in [0, 0.05) is 0 Å². The summed E-state index contributed by atoms with van der Waals surface area (Å²) in [6, 6.07) is 0. The minimum atomic E-state index is 1.44. The smallest absolute Gasteiger partial charge is 0.0318 e. The lowest BCUT2D eigenvalue weighted by Crippen LogP contribution is -1.96. The van der Waals surface area contributed by atoms with Crippen molar-refractivity contribution in [2.24, 2.45) is 0 Å². The molecule has 0 heterocycles. The van der Waals surface area contributed by atoms with Crippen LogP contribution in [0.3, 0.4) is 0 Å². The highest BCUT2D eigenvalue weighted by Crippen LogP contribution is 2.29. The summed E-state index contributed by atoms with van der Waals surface area (Å²) in [5.41, 5.74) is 3.85. The zero-order chi connectivity index (χ0) is 16.7. The average molecular weight is 333 g/mol. The molecule has 0 aromatic carbocycles. The fraction of sp³-hybridized carbons (Fsp3) is 0.917. The molecule has 0 aromatic rings. The second-order valence-electron chi connectivity index (χ2n) is 8.57. The zero-order valence-electron chi connectivity index (χ0n) is 16.6. The third-order valence-electron chi connectivity index (χ3n) is 6.41. The Hall–Kier alpha value is -0.260. The molecule has 0 fully saturated rings. The molecular weight excluding hydrogens is 288 g/mol. The molecule has 0 spiro atoms. The molecule has 2 rings (SSSR count). The van der Waals surface area contributed by atoms with Crippen molar-refractivity contribution < 1.29 is 0 Å². The van der Waals surface area contributed by atoms with Crippen LogP contribution in [0.1, 0.15) is 141 Å². The predicted octanol–water partition coefficient (Wildman–Crippen LogP) is 8.89. The van der Waals surface area contributed by atoms with Crippen molar-refractivity contribution in [2.45, 2.75) is 141 Å². The molecule has 0 N–H and O–H groups in total. The van der Waals surface area contributed by atoms with Crippen LogP contribution >= 0.6 is 0 Å². The third kappa shape index (κ3) is 9.28. The Kier molecular flexibility index (Phi) is 11.7. The molecule has 0 unspecified atom stereocenters. The highest BCUT2D eigenvalue weighted by Gasteiger charge is 2.09. The average Bonchev–Trinajstić information content (AvgIpc) is 2.63. The van der Waals surface area contributed by atoms with E-state index >= 15 is 0 Å². The van der Waals surface area contributed by atoms with E-state index in [1.807, 2.05) is 11.1 Å². The maximum atomic E-state index is 1.92. The van der Waals surface area contributed by atoms with Gasteiger partial charge in [-0.3, -0.25) is 0 Å². The van der Waals surface area contributed by atoms with E-state index in [2.05, 4.69) is 0 Å². The largest absolute Gasteiger partial charge is 0.0710 e. The summed E-state index contributed by atoms with van der Waals surface area (Å²) in [7, 11) is 0. The monoisotopic (exact) mass is 332 g/mol. The summed E-state index contributed by atoms with van der Waals surface area (Å²) in [5.74, 6) is 0. The molecule has 0 saturated heterocycles. The molecule has 0 atom stereocenters. The molecule has 0 amide bonds. The van der Waals surface area contributed by atoms with Crippen LogP contribution in [0.2, 0.25) is 0 Å². The van der Waals surface area contributed by atoms with E-state index in [9.17, 15) is 0 Å². The topological polar surface area (TPSA) is 0 Å². The summed E-state index contributed by atoms with van der Waals surface area (Å²) in [6.07, 6.45) is 32.5. The molecule has 0 saturated carbocycles. The maximum absolute atomic E-state index is 1.92. The van der Waals surface area contributed by atoms with Crippen LogP contribution in [-0.4, -0.2) is 0 Å². The molecule has 0 bridgehead atoms. The van der Waals surface area contributed by atoms with Crippen LogP contribution in [0.25, 0.3) is 0 Å². The molecule has 0 nitrogen and oxygen atoms in total. The summed E-state index contributed by atoms with van der Waals surface area (Å²) < 4.78 is 0. The van der Waals surface area contributed by atoms with Crippen molar-refractivity contribution in [2.75, 3.05) is 0 Å². The fourth-order valence-corrected chi connectivity index (χ4v) is 4.79. The van der Waals surface area contributed by atoms with Crippen LogP contribution in [0.4, 0.5) is 0 Å². The van der Waals surface area contributed by atoms with Gasteiger partial charge in [0.2, 0.25) is 0 Å². The standard InChI is InChI=1S/C24H44/c1-3-7-11-15-19-23-21-17-13-9-5-2-6-10-14-18-22-24(23)20-16-12-8-4-1/h1-22H2. The zero-order valence-corrected chi connectivity index (χ0v) is 16.6. The number of allylic oxidation sites excluding steroid dienone is 2. The van der Waals surface area contributed by atoms with Crippen molar-refractivity contribution in [3.8, 4) is 0 Å². The first-order valence-electron chi connectivity index (χ1n) is 11.7. The number of hydrogen-bond donors (Lipinski definition) is 0. The third-order valence-corrected chi connectivity index (χ3v) is 6.41. The van der Waals surface area contributed by atoms with Crippen LogP contribution in [0, 0.1) is 0 Å². The first-order valence-corrected chi connectivity index (χ1v) is 11.7. The molecule has 0 aliphatic heterocycles. The van der Waals surface area contributed by atoms with Gasteiger partial charge in [-0.25, -0.2) is 0 Å². The van der Waals surface area contributed by atoms with Crippen molar-refractivity contribution in [1.29, 1.82) is 0 Å².